The lowest BCUT2D eigenvalue weighted by molar-refractivity contribution is 0.197. The van der Waals surface area contributed by atoms with Crippen LogP contribution in [0.3, 0.4) is 0 Å². The minimum atomic E-state index is -0.0810. The molecule has 2 aromatic rings. The summed E-state index contributed by atoms with van der Waals surface area (Å²) < 4.78 is 3.97. The van der Waals surface area contributed by atoms with E-state index in [0.717, 1.165) is 63.5 Å². The third-order valence-corrected chi connectivity index (χ3v) is 7.07. The maximum Gasteiger partial charge on any atom is 0.255 e. The normalized spacial score (nSPS) is 23.5. The van der Waals surface area contributed by atoms with Gasteiger partial charge in [0, 0.05) is 49.8 Å². The largest absolute Gasteiger partial charge is 0.388 e. The molecule has 31 heavy (non-hydrogen) atoms. The van der Waals surface area contributed by atoms with Crippen molar-refractivity contribution >= 4 is 24.8 Å². The number of nitrogens with one attached hydrogen (secondary N) is 1. The van der Waals surface area contributed by atoms with Crippen LogP contribution in [0.25, 0.3) is 0 Å². The van der Waals surface area contributed by atoms with Crippen LogP contribution in [-0.2, 0) is 26.7 Å². The zero-order chi connectivity index (χ0) is 20.0. The Morgan fingerprint density at radius 1 is 1.13 bits per heavy atom. The third-order valence-electron chi connectivity index (χ3n) is 7.07. The molecule has 0 amide bonds. The van der Waals surface area contributed by atoms with Crippen LogP contribution in [0.4, 0.5) is 0 Å². The first-order valence-corrected chi connectivity index (χ1v) is 10.8. The van der Waals surface area contributed by atoms with Gasteiger partial charge in [-0.2, -0.15) is 0 Å². The van der Waals surface area contributed by atoms with Gasteiger partial charge in [-0.1, -0.05) is 6.07 Å². The summed E-state index contributed by atoms with van der Waals surface area (Å²) in [6.45, 7) is 5.41. The highest BCUT2D eigenvalue weighted by Gasteiger charge is 2.32. The van der Waals surface area contributed by atoms with Gasteiger partial charge in [0.05, 0.1) is 0 Å². The number of rotatable bonds is 4. The average molecular weight is 471 g/mol. The zero-order valence-corrected chi connectivity index (χ0v) is 19.5. The average Bonchev–Trinajstić information content (AvgIpc) is 3.12. The van der Waals surface area contributed by atoms with Crippen LogP contribution in [0.15, 0.2) is 16.9 Å². The number of aliphatic hydroxyl groups is 1. The molecule has 0 aliphatic carbocycles. The third kappa shape index (κ3) is 4.54. The van der Waals surface area contributed by atoms with E-state index in [0.29, 0.717) is 23.6 Å². The summed E-state index contributed by atoms with van der Waals surface area (Å²) in [5, 5.41) is 21.2. The van der Waals surface area contributed by atoms with Crippen molar-refractivity contribution < 1.29 is 5.11 Å². The number of halogens is 2. The molecule has 5 rings (SSSR count). The van der Waals surface area contributed by atoms with E-state index >= 15 is 0 Å². The molecule has 2 saturated heterocycles. The molecule has 3 aliphatic heterocycles. The van der Waals surface area contributed by atoms with E-state index in [4.69, 9.17) is 0 Å². The van der Waals surface area contributed by atoms with Gasteiger partial charge in [-0.25, -0.2) is 0 Å². The summed E-state index contributed by atoms with van der Waals surface area (Å²) >= 11 is 0. The first kappa shape index (κ1) is 24.2. The second-order valence-electron chi connectivity index (χ2n) is 8.90. The first-order chi connectivity index (χ1) is 14.1. The predicted octanol–water partition coefficient (Wildman–Crippen LogP) is 1.40. The summed E-state index contributed by atoms with van der Waals surface area (Å²) in [7, 11) is 1.92. The second-order valence-corrected chi connectivity index (χ2v) is 8.90. The number of fused-ring (bicyclic) bond motifs is 4. The van der Waals surface area contributed by atoms with Crippen molar-refractivity contribution in [2.75, 3.05) is 26.2 Å². The molecule has 172 valence electrons. The molecule has 2 fully saturated rings. The van der Waals surface area contributed by atoms with Gasteiger partial charge >= 0.3 is 0 Å². The standard InChI is InChI=1S/C21H30N6O2.2ClH/c1-25-19(13-28)23-24-20(25)15-4-6-26(7-5-15)12-16-2-3-18-17-8-14(9-22-10-17)11-27(18)21(16)29;;/h2-3,14-15,17,22,28H,4-13H2,1H3;2*1H/t14-,17+;;/m0../s1. The van der Waals surface area contributed by atoms with E-state index in [1.807, 2.05) is 11.6 Å². The molecule has 8 nitrogen and oxygen atoms in total. The van der Waals surface area contributed by atoms with Crippen LogP contribution in [-0.4, -0.2) is 55.5 Å². The number of pyridine rings is 1. The lowest BCUT2D eigenvalue weighted by Crippen LogP contribution is -2.45. The summed E-state index contributed by atoms with van der Waals surface area (Å²) in [6.07, 6.45) is 3.21. The van der Waals surface area contributed by atoms with E-state index in [9.17, 15) is 9.90 Å². The van der Waals surface area contributed by atoms with Crippen LogP contribution in [0.2, 0.25) is 0 Å². The molecule has 2 bridgehead atoms. The Labute approximate surface area is 194 Å². The van der Waals surface area contributed by atoms with Crippen molar-refractivity contribution in [2.24, 2.45) is 13.0 Å². The molecule has 2 aromatic heterocycles. The zero-order valence-electron chi connectivity index (χ0n) is 17.9. The van der Waals surface area contributed by atoms with E-state index in [2.05, 4.69) is 37.1 Å². The number of hydrogen-bond acceptors (Lipinski definition) is 6. The van der Waals surface area contributed by atoms with Gasteiger partial charge in [0.15, 0.2) is 5.82 Å². The Morgan fingerprint density at radius 3 is 2.61 bits per heavy atom. The fourth-order valence-corrected chi connectivity index (χ4v) is 5.41. The Kier molecular flexibility index (Phi) is 7.81. The highest BCUT2D eigenvalue weighted by atomic mass is 35.5. The summed E-state index contributed by atoms with van der Waals surface area (Å²) in [6, 6.07) is 4.25. The van der Waals surface area contributed by atoms with Gasteiger partial charge in [-0.3, -0.25) is 9.69 Å². The molecule has 2 atom stereocenters. The minimum Gasteiger partial charge on any atom is -0.388 e. The Balaban J connectivity index is 0.00000136. The SMILES string of the molecule is Cl.Cl.Cn1c(CO)nnc1C1CCN(Cc2ccc3n(c2=O)C[C@@H]2CNC[C@H]3C2)CC1. The Morgan fingerprint density at radius 2 is 1.90 bits per heavy atom. The van der Waals surface area contributed by atoms with Crippen LogP contribution >= 0.6 is 24.8 Å². The Bertz CT molecular complexity index is 954. The molecule has 2 N–H and O–H groups in total. The first-order valence-electron chi connectivity index (χ1n) is 10.8. The Hall–Kier alpha value is -1.45. The van der Waals surface area contributed by atoms with Gasteiger partial charge < -0.3 is 19.6 Å². The molecule has 0 spiro atoms. The van der Waals surface area contributed by atoms with E-state index < -0.39 is 0 Å². The number of aliphatic hydroxyl groups excluding tert-OH is 1. The van der Waals surface area contributed by atoms with Crippen molar-refractivity contribution in [3.63, 3.8) is 0 Å². The molecule has 0 aromatic carbocycles. The molecule has 10 heteroatoms. The highest BCUT2D eigenvalue weighted by Crippen LogP contribution is 2.32. The quantitative estimate of drug-likeness (QED) is 0.701. The van der Waals surface area contributed by atoms with Gasteiger partial charge in [0.25, 0.3) is 5.56 Å². The van der Waals surface area contributed by atoms with Gasteiger partial charge in [0.2, 0.25) is 0 Å². The van der Waals surface area contributed by atoms with Gasteiger partial charge in [-0.15, -0.1) is 35.0 Å². The fourth-order valence-electron chi connectivity index (χ4n) is 5.41. The monoisotopic (exact) mass is 470 g/mol. The second kappa shape index (κ2) is 10.0. The molecule has 3 aliphatic rings. The van der Waals surface area contributed by atoms with Crippen molar-refractivity contribution in [3.05, 3.63) is 45.4 Å². The summed E-state index contributed by atoms with van der Waals surface area (Å²) in [4.78, 5) is 15.5. The predicted molar refractivity (Wildman–Crippen MR) is 123 cm³/mol. The fraction of sp³-hybridized carbons (Fsp3) is 0.667. The number of aromatic nitrogens is 4. The lowest BCUT2D eigenvalue weighted by Gasteiger charge is -2.38. The number of nitrogens with zero attached hydrogens (tertiary/aromatic N) is 5. The van der Waals surface area contributed by atoms with E-state index in [-0.39, 0.29) is 37.0 Å². The number of piperidine rings is 2. The lowest BCUT2D eigenvalue weighted by atomic mass is 9.84. The van der Waals surface area contributed by atoms with Gasteiger partial charge in [-0.05, 0) is 50.9 Å². The molecule has 0 unspecified atom stereocenters. The number of hydrogen-bond donors (Lipinski definition) is 2. The molecule has 0 saturated carbocycles. The van der Waals surface area contributed by atoms with E-state index in [1.54, 1.807) is 0 Å². The topological polar surface area (TPSA) is 88.2 Å². The van der Waals surface area contributed by atoms with Crippen molar-refractivity contribution in [1.29, 1.82) is 0 Å². The van der Waals surface area contributed by atoms with Crippen LogP contribution in [0, 0.1) is 5.92 Å². The maximum absolute atomic E-state index is 13.2. The van der Waals surface area contributed by atoms with Crippen LogP contribution in [0.1, 0.15) is 54.0 Å². The summed E-state index contributed by atoms with van der Waals surface area (Å²) in [5.41, 5.74) is 2.34. The molecular formula is C21H32Cl2N6O2. The van der Waals surface area contributed by atoms with Crippen molar-refractivity contribution in [1.82, 2.24) is 29.5 Å². The smallest absolute Gasteiger partial charge is 0.255 e. The molecular weight excluding hydrogens is 439 g/mol. The van der Waals surface area contributed by atoms with Gasteiger partial charge in [0.1, 0.15) is 12.4 Å². The van der Waals surface area contributed by atoms with Crippen LogP contribution in [0.5, 0.6) is 0 Å². The molecule has 0 radical (unpaired) electrons. The minimum absolute atomic E-state index is 0. The summed E-state index contributed by atoms with van der Waals surface area (Å²) in [5.74, 6) is 3.00. The van der Waals surface area contributed by atoms with Crippen molar-refractivity contribution in [3.8, 4) is 0 Å². The molecule has 5 heterocycles. The highest BCUT2D eigenvalue weighted by molar-refractivity contribution is 5.85. The number of likely N-dealkylation sites (tertiary alicyclic amines) is 1. The van der Waals surface area contributed by atoms with E-state index in [1.165, 1.54) is 12.1 Å². The van der Waals surface area contributed by atoms with Crippen molar-refractivity contribution in [2.45, 2.75) is 50.8 Å². The maximum atomic E-state index is 13.2. The van der Waals surface area contributed by atoms with Crippen LogP contribution < -0.4 is 10.9 Å².